The number of amides is 2. The molecule has 2 fully saturated rings. The van der Waals surface area contributed by atoms with Crippen molar-refractivity contribution in [2.45, 2.75) is 57.4 Å². The average molecular weight is 346 g/mol. The van der Waals surface area contributed by atoms with E-state index in [0.717, 1.165) is 18.4 Å². The molecule has 1 N–H and O–H groups in total. The van der Waals surface area contributed by atoms with Gasteiger partial charge in [0.15, 0.2) is 0 Å². The van der Waals surface area contributed by atoms with E-state index < -0.39 is 0 Å². The van der Waals surface area contributed by atoms with Crippen molar-refractivity contribution in [3.63, 3.8) is 0 Å². The van der Waals surface area contributed by atoms with Gasteiger partial charge in [-0.3, -0.25) is 9.59 Å². The van der Waals surface area contributed by atoms with Gasteiger partial charge in [-0.05, 0) is 37.0 Å². The minimum absolute atomic E-state index is 0.0320. The Kier molecular flexibility index (Phi) is 6.05. The zero-order valence-corrected chi connectivity index (χ0v) is 14.7. The van der Waals surface area contributed by atoms with Crippen LogP contribution in [0.25, 0.3) is 0 Å². The van der Waals surface area contributed by atoms with Crippen molar-refractivity contribution in [2.75, 3.05) is 13.1 Å². The van der Waals surface area contributed by atoms with Crippen LogP contribution in [0.1, 0.15) is 50.5 Å². The van der Waals surface area contributed by atoms with Crippen LogP contribution in [0.4, 0.5) is 4.39 Å². The maximum absolute atomic E-state index is 12.9. The maximum Gasteiger partial charge on any atom is 0.225 e. The van der Waals surface area contributed by atoms with Crippen LogP contribution in [-0.2, 0) is 16.0 Å². The monoisotopic (exact) mass is 346 g/mol. The lowest BCUT2D eigenvalue weighted by Gasteiger charge is -2.20. The number of hydrogen-bond donors (Lipinski definition) is 1. The first-order valence-corrected chi connectivity index (χ1v) is 9.44. The number of nitrogens with zero attached hydrogens (tertiary/aromatic N) is 1. The summed E-state index contributed by atoms with van der Waals surface area (Å²) in [5, 5.41) is 3.16. The molecule has 0 radical (unpaired) electrons. The van der Waals surface area contributed by atoms with Crippen molar-refractivity contribution in [1.29, 1.82) is 0 Å². The van der Waals surface area contributed by atoms with E-state index in [1.807, 2.05) is 0 Å². The average Bonchev–Trinajstić information content (AvgIpc) is 2.80. The van der Waals surface area contributed by atoms with Crippen molar-refractivity contribution < 1.29 is 14.0 Å². The fourth-order valence-corrected chi connectivity index (χ4v) is 3.82. The number of carbonyl (C=O) groups is 2. The van der Waals surface area contributed by atoms with Crippen LogP contribution in [0.5, 0.6) is 0 Å². The molecule has 1 saturated carbocycles. The molecule has 1 aromatic carbocycles. The summed E-state index contributed by atoms with van der Waals surface area (Å²) in [5.41, 5.74) is 1.00. The second kappa shape index (κ2) is 8.45. The number of hydrogen-bond acceptors (Lipinski definition) is 2. The largest absolute Gasteiger partial charge is 0.353 e. The number of likely N-dealkylation sites (tertiary alicyclic amines) is 1. The van der Waals surface area contributed by atoms with Crippen LogP contribution >= 0.6 is 0 Å². The van der Waals surface area contributed by atoms with Crippen molar-refractivity contribution in [3.05, 3.63) is 35.6 Å². The maximum atomic E-state index is 12.9. The van der Waals surface area contributed by atoms with Crippen molar-refractivity contribution in [2.24, 2.45) is 5.92 Å². The van der Waals surface area contributed by atoms with Gasteiger partial charge in [0.2, 0.25) is 11.8 Å². The lowest BCUT2D eigenvalue weighted by Crippen LogP contribution is -2.39. The van der Waals surface area contributed by atoms with E-state index in [9.17, 15) is 14.0 Å². The lowest BCUT2D eigenvalue weighted by atomic mass is 10.0. The highest BCUT2D eigenvalue weighted by atomic mass is 19.1. The summed E-state index contributed by atoms with van der Waals surface area (Å²) in [6.45, 7) is 1.08. The van der Waals surface area contributed by atoms with Crippen molar-refractivity contribution in [3.8, 4) is 0 Å². The Morgan fingerprint density at radius 3 is 2.48 bits per heavy atom. The molecule has 1 aromatic rings. The normalized spacial score (nSPS) is 22.0. The van der Waals surface area contributed by atoms with Gasteiger partial charge >= 0.3 is 0 Å². The fraction of sp³-hybridized carbons (Fsp3) is 0.600. The van der Waals surface area contributed by atoms with Crippen LogP contribution in [0, 0.1) is 11.7 Å². The molecule has 2 aliphatic rings. The van der Waals surface area contributed by atoms with E-state index in [1.165, 1.54) is 37.8 Å². The quantitative estimate of drug-likeness (QED) is 0.833. The highest BCUT2D eigenvalue weighted by Crippen LogP contribution is 2.21. The molecular formula is C20H27FN2O2. The highest BCUT2D eigenvalue weighted by Gasteiger charge is 2.34. The molecule has 1 atom stereocenters. The summed E-state index contributed by atoms with van der Waals surface area (Å²) in [5.74, 6) is -0.409. The first-order chi connectivity index (χ1) is 12.1. The van der Waals surface area contributed by atoms with E-state index in [-0.39, 0.29) is 29.6 Å². The Morgan fingerprint density at radius 1 is 1.12 bits per heavy atom. The van der Waals surface area contributed by atoms with Gasteiger partial charge in [0.1, 0.15) is 5.82 Å². The smallest absolute Gasteiger partial charge is 0.225 e. The third kappa shape index (κ3) is 5.03. The SMILES string of the molecule is O=C(NC1CCCCCC1)[C@@H]1CC(=O)N(CCc2ccc(F)cc2)C1. The molecule has 0 bridgehead atoms. The Bertz CT molecular complexity index is 594. The summed E-state index contributed by atoms with van der Waals surface area (Å²) in [6, 6.07) is 6.63. The molecule has 1 aliphatic heterocycles. The van der Waals surface area contributed by atoms with Gasteiger partial charge in [0.05, 0.1) is 5.92 Å². The molecule has 5 heteroatoms. The van der Waals surface area contributed by atoms with E-state index in [0.29, 0.717) is 25.9 Å². The second-order valence-corrected chi connectivity index (χ2v) is 7.31. The fourth-order valence-electron chi connectivity index (χ4n) is 3.82. The van der Waals surface area contributed by atoms with Crippen LogP contribution < -0.4 is 5.32 Å². The standard InChI is InChI=1S/C20H27FN2O2/c21-17-9-7-15(8-10-17)11-12-23-14-16(13-19(23)24)20(25)22-18-5-3-1-2-4-6-18/h7-10,16,18H,1-6,11-14H2,(H,22,25)/t16-/m1/s1. The third-order valence-corrected chi connectivity index (χ3v) is 5.37. The summed E-state index contributed by atoms with van der Waals surface area (Å²) >= 11 is 0. The minimum Gasteiger partial charge on any atom is -0.353 e. The molecular weight excluding hydrogens is 319 g/mol. The molecule has 25 heavy (non-hydrogen) atoms. The predicted molar refractivity (Wildman–Crippen MR) is 94.4 cm³/mol. The van der Waals surface area contributed by atoms with Crippen LogP contribution in [-0.4, -0.2) is 35.8 Å². The zero-order valence-electron chi connectivity index (χ0n) is 14.7. The Morgan fingerprint density at radius 2 is 1.80 bits per heavy atom. The lowest BCUT2D eigenvalue weighted by molar-refractivity contribution is -0.129. The van der Waals surface area contributed by atoms with Gasteiger partial charge in [-0.1, -0.05) is 37.8 Å². The second-order valence-electron chi connectivity index (χ2n) is 7.31. The van der Waals surface area contributed by atoms with E-state index >= 15 is 0 Å². The number of benzene rings is 1. The molecule has 0 spiro atoms. The van der Waals surface area contributed by atoms with E-state index in [2.05, 4.69) is 5.32 Å². The molecule has 3 rings (SSSR count). The Labute approximate surface area is 148 Å². The van der Waals surface area contributed by atoms with Gasteiger partial charge < -0.3 is 10.2 Å². The molecule has 0 aromatic heterocycles. The molecule has 1 heterocycles. The molecule has 1 aliphatic carbocycles. The minimum atomic E-state index is -0.253. The van der Waals surface area contributed by atoms with Gasteiger partial charge in [-0.25, -0.2) is 4.39 Å². The molecule has 136 valence electrons. The van der Waals surface area contributed by atoms with Crippen LogP contribution in [0.15, 0.2) is 24.3 Å². The third-order valence-electron chi connectivity index (χ3n) is 5.37. The highest BCUT2D eigenvalue weighted by molar-refractivity contribution is 5.89. The number of rotatable bonds is 5. The van der Waals surface area contributed by atoms with E-state index in [1.54, 1.807) is 17.0 Å². The first kappa shape index (κ1) is 17.9. The number of carbonyl (C=O) groups excluding carboxylic acids is 2. The van der Waals surface area contributed by atoms with Gasteiger partial charge in [-0.15, -0.1) is 0 Å². The summed E-state index contributed by atoms with van der Waals surface area (Å²) in [6.07, 6.45) is 7.97. The number of halogens is 1. The van der Waals surface area contributed by atoms with Gasteiger partial charge in [0.25, 0.3) is 0 Å². The van der Waals surface area contributed by atoms with Gasteiger partial charge in [0, 0.05) is 25.6 Å². The topological polar surface area (TPSA) is 49.4 Å². The number of nitrogens with one attached hydrogen (secondary N) is 1. The molecule has 1 saturated heterocycles. The predicted octanol–water partition coefficient (Wildman–Crippen LogP) is 3.06. The Hall–Kier alpha value is -1.91. The molecule has 4 nitrogen and oxygen atoms in total. The van der Waals surface area contributed by atoms with Crippen molar-refractivity contribution in [1.82, 2.24) is 10.2 Å². The molecule has 0 unspecified atom stereocenters. The van der Waals surface area contributed by atoms with Crippen molar-refractivity contribution >= 4 is 11.8 Å². The first-order valence-electron chi connectivity index (χ1n) is 9.44. The summed E-state index contributed by atoms with van der Waals surface area (Å²) < 4.78 is 12.9. The summed E-state index contributed by atoms with van der Waals surface area (Å²) in [4.78, 5) is 26.5. The molecule has 2 amide bonds. The zero-order chi connectivity index (χ0) is 17.6. The van der Waals surface area contributed by atoms with Crippen LogP contribution in [0.3, 0.4) is 0 Å². The van der Waals surface area contributed by atoms with Crippen LogP contribution in [0.2, 0.25) is 0 Å². The van der Waals surface area contributed by atoms with E-state index in [4.69, 9.17) is 0 Å². The summed E-state index contributed by atoms with van der Waals surface area (Å²) in [7, 11) is 0. The Balaban J connectivity index is 1.47. The van der Waals surface area contributed by atoms with Gasteiger partial charge in [-0.2, -0.15) is 0 Å².